The summed E-state index contributed by atoms with van der Waals surface area (Å²) in [4.78, 5) is 29.7. The maximum absolute atomic E-state index is 12.5. The molecule has 4 heterocycles. The number of nitriles is 1. The van der Waals surface area contributed by atoms with Crippen molar-refractivity contribution in [3.63, 3.8) is 0 Å². The zero-order chi connectivity index (χ0) is 22.3. The van der Waals surface area contributed by atoms with Gasteiger partial charge in [0.05, 0.1) is 11.7 Å². The number of carbonyl (C=O) groups excluding carboxylic acids is 1. The summed E-state index contributed by atoms with van der Waals surface area (Å²) in [6.07, 6.45) is 2.88. The topological polar surface area (TPSA) is 121 Å². The van der Waals surface area contributed by atoms with Gasteiger partial charge in [0, 0.05) is 30.9 Å². The van der Waals surface area contributed by atoms with Gasteiger partial charge in [0.25, 0.3) is 5.56 Å². The monoisotopic (exact) mass is 423 g/mol. The normalized spacial score (nSPS) is 17.0. The third kappa shape index (κ3) is 3.91. The van der Waals surface area contributed by atoms with Crippen molar-refractivity contribution in [2.24, 2.45) is 0 Å². The minimum atomic E-state index is -0.545. The third-order valence-electron chi connectivity index (χ3n) is 5.34. The molecule has 0 unspecified atom stereocenters. The highest BCUT2D eigenvalue weighted by molar-refractivity contribution is 5.68. The molecule has 0 saturated carbocycles. The first kappa shape index (κ1) is 20.7. The number of ether oxygens (including phenoxy) is 1. The van der Waals surface area contributed by atoms with Crippen molar-refractivity contribution in [1.29, 1.82) is 5.26 Å². The number of fused-ring (bicyclic) bond motifs is 1. The number of aromatic nitrogens is 5. The van der Waals surface area contributed by atoms with Crippen LogP contribution in [0.3, 0.4) is 0 Å². The Kier molecular flexibility index (Phi) is 5.05. The second-order valence-corrected chi connectivity index (χ2v) is 8.78. The first-order valence-electron chi connectivity index (χ1n) is 10.2. The molecule has 1 atom stereocenters. The Labute approximate surface area is 179 Å². The number of H-pyrrole nitrogens is 1. The molecule has 162 valence electrons. The van der Waals surface area contributed by atoms with E-state index in [4.69, 9.17) is 10.00 Å². The zero-order valence-electron chi connectivity index (χ0n) is 18.0. The van der Waals surface area contributed by atoms with Crippen LogP contribution in [0.4, 0.5) is 4.79 Å². The number of hydrogen-bond donors (Lipinski definition) is 1. The molecule has 0 bridgehead atoms. The number of hydrogen-bond acceptors (Lipinski definition) is 6. The van der Waals surface area contributed by atoms with E-state index in [1.54, 1.807) is 11.0 Å². The van der Waals surface area contributed by atoms with E-state index in [-0.39, 0.29) is 23.4 Å². The van der Waals surface area contributed by atoms with Gasteiger partial charge in [0.2, 0.25) is 0 Å². The highest BCUT2D eigenvalue weighted by atomic mass is 16.6. The molecule has 0 aromatic carbocycles. The lowest BCUT2D eigenvalue weighted by Gasteiger charge is -2.34. The highest BCUT2D eigenvalue weighted by Crippen LogP contribution is 2.27. The van der Waals surface area contributed by atoms with Crippen LogP contribution in [-0.4, -0.2) is 54.1 Å². The second-order valence-electron chi connectivity index (χ2n) is 8.78. The predicted octanol–water partition coefficient (Wildman–Crippen LogP) is 2.64. The van der Waals surface area contributed by atoms with Crippen LogP contribution >= 0.6 is 0 Å². The Bertz CT molecular complexity index is 1240. The summed E-state index contributed by atoms with van der Waals surface area (Å²) >= 11 is 0. The number of nitrogens with zero attached hydrogens (tertiary/aromatic N) is 6. The van der Waals surface area contributed by atoms with E-state index >= 15 is 0 Å². The SMILES string of the molecule is Cc1c(-c2cc(=O)n3c(C#N)c[nH]c3c2)nnn1[C@H]1CCCN(C(=O)OC(C)(C)C)C1. The minimum absolute atomic E-state index is 0.0250. The Balaban J connectivity index is 1.61. The number of aromatic amines is 1. The molecule has 10 nitrogen and oxygen atoms in total. The fourth-order valence-corrected chi connectivity index (χ4v) is 3.95. The van der Waals surface area contributed by atoms with Crippen molar-refractivity contribution >= 4 is 11.7 Å². The third-order valence-corrected chi connectivity index (χ3v) is 5.34. The summed E-state index contributed by atoms with van der Waals surface area (Å²) in [5.74, 6) is 0. The fraction of sp³-hybridized carbons (Fsp3) is 0.476. The average molecular weight is 423 g/mol. The maximum Gasteiger partial charge on any atom is 0.410 e. The first-order valence-corrected chi connectivity index (χ1v) is 10.2. The van der Waals surface area contributed by atoms with Gasteiger partial charge < -0.3 is 14.6 Å². The minimum Gasteiger partial charge on any atom is -0.444 e. The van der Waals surface area contributed by atoms with E-state index in [0.29, 0.717) is 30.0 Å². The summed E-state index contributed by atoms with van der Waals surface area (Å²) in [6, 6.07) is 5.20. The molecule has 31 heavy (non-hydrogen) atoms. The van der Waals surface area contributed by atoms with Crippen LogP contribution in [0.15, 0.2) is 23.1 Å². The van der Waals surface area contributed by atoms with Crippen molar-refractivity contribution in [2.75, 3.05) is 13.1 Å². The largest absolute Gasteiger partial charge is 0.444 e. The summed E-state index contributed by atoms with van der Waals surface area (Å²) in [6.45, 7) is 8.59. The number of pyridine rings is 1. The molecule has 10 heteroatoms. The molecule has 1 saturated heterocycles. The van der Waals surface area contributed by atoms with Gasteiger partial charge in [-0.05, 0) is 46.6 Å². The molecule has 1 fully saturated rings. The van der Waals surface area contributed by atoms with Crippen LogP contribution in [0.2, 0.25) is 0 Å². The van der Waals surface area contributed by atoms with Gasteiger partial charge in [-0.1, -0.05) is 5.21 Å². The van der Waals surface area contributed by atoms with Gasteiger partial charge in [-0.3, -0.25) is 9.20 Å². The summed E-state index contributed by atoms with van der Waals surface area (Å²) in [5, 5.41) is 17.8. The number of imidazole rings is 1. The molecule has 1 amide bonds. The number of amides is 1. The maximum atomic E-state index is 12.5. The Hall–Kier alpha value is -3.61. The van der Waals surface area contributed by atoms with E-state index in [1.165, 1.54) is 16.7 Å². The van der Waals surface area contributed by atoms with Gasteiger partial charge in [0.15, 0.2) is 0 Å². The van der Waals surface area contributed by atoms with E-state index in [9.17, 15) is 9.59 Å². The molecular formula is C21H25N7O3. The lowest BCUT2D eigenvalue weighted by molar-refractivity contribution is 0.0165. The Morgan fingerprint density at radius 1 is 1.35 bits per heavy atom. The highest BCUT2D eigenvalue weighted by Gasteiger charge is 2.30. The Morgan fingerprint density at radius 2 is 2.13 bits per heavy atom. The molecule has 1 aliphatic rings. The smallest absolute Gasteiger partial charge is 0.410 e. The molecule has 1 aliphatic heterocycles. The number of piperidine rings is 1. The molecule has 0 radical (unpaired) electrons. The van der Waals surface area contributed by atoms with Crippen molar-refractivity contribution in [2.45, 2.75) is 52.2 Å². The van der Waals surface area contributed by atoms with Crippen LogP contribution in [-0.2, 0) is 4.74 Å². The van der Waals surface area contributed by atoms with Gasteiger partial charge in [0.1, 0.15) is 28.7 Å². The first-order chi connectivity index (χ1) is 14.7. The summed E-state index contributed by atoms with van der Waals surface area (Å²) in [5.41, 5.74) is 1.94. The van der Waals surface area contributed by atoms with E-state index < -0.39 is 5.60 Å². The van der Waals surface area contributed by atoms with Crippen molar-refractivity contribution in [1.82, 2.24) is 29.3 Å². The fourth-order valence-electron chi connectivity index (χ4n) is 3.95. The standard InChI is InChI=1S/C21H25N7O3/c1-13-19(14-8-17-23-11-16(10-22)27(17)18(29)9-14)24-25-28(13)15-6-5-7-26(12-15)20(30)31-21(2,3)4/h8-9,11,15,23H,5-7,12H2,1-4H3/t15-/m0/s1. The molecule has 3 aromatic heterocycles. The number of carbonyl (C=O) groups is 1. The van der Waals surface area contributed by atoms with Crippen molar-refractivity contribution in [3.05, 3.63) is 40.1 Å². The van der Waals surface area contributed by atoms with Gasteiger partial charge >= 0.3 is 6.09 Å². The molecule has 0 spiro atoms. The summed E-state index contributed by atoms with van der Waals surface area (Å²) in [7, 11) is 0. The lowest BCUT2D eigenvalue weighted by Crippen LogP contribution is -2.43. The second kappa shape index (κ2) is 7.58. The van der Waals surface area contributed by atoms with Gasteiger partial charge in [-0.25, -0.2) is 9.48 Å². The van der Waals surface area contributed by atoms with E-state index in [2.05, 4.69) is 15.3 Å². The number of nitrogens with one attached hydrogen (secondary N) is 1. The average Bonchev–Trinajstić information content (AvgIpc) is 3.30. The van der Waals surface area contributed by atoms with Crippen LogP contribution in [0.5, 0.6) is 0 Å². The molecular weight excluding hydrogens is 398 g/mol. The van der Waals surface area contributed by atoms with Gasteiger partial charge in [-0.15, -0.1) is 5.10 Å². The van der Waals surface area contributed by atoms with E-state index in [0.717, 1.165) is 18.5 Å². The number of rotatable bonds is 2. The molecule has 1 N–H and O–H groups in total. The van der Waals surface area contributed by atoms with Crippen LogP contribution in [0, 0.1) is 18.3 Å². The van der Waals surface area contributed by atoms with Gasteiger partial charge in [-0.2, -0.15) is 5.26 Å². The quantitative estimate of drug-likeness (QED) is 0.676. The van der Waals surface area contributed by atoms with Crippen LogP contribution in [0.25, 0.3) is 16.9 Å². The lowest BCUT2D eigenvalue weighted by atomic mass is 10.1. The molecule has 3 aromatic rings. The summed E-state index contributed by atoms with van der Waals surface area (Å²) < 4.78 is 8.65. The van der Waals surface area contributed by atoms with Crippen LogP contribution < -0.4 is 5.56 Å². The Morgan fingerprint density at radius 3 is 2.84 bits per heavy atom. The molecule has 0 aliphatic carbocycles. The predicted molar refractivity (Wildman–Crippen MR) is 113 cm³/mol. The van der Waals surface area contributed by atoms with E-state index in [1.807, 2.05) is 38.4 Å². The molecule has 4 rings (SSSR count). The van der Waals surface area contributed by atoms with Crippen LogP contribution in [0.1, 0.15) is 51.0 Å². The van der Waals surface area contributed by atoms with Crippen molar-refractivity contribution < 1.29 is 9.53 Å². The zero-order valence-corrected chi connectivity index (χ0v) is 18.0. The van der Waals surface area contributed by atoms with Crippen molar-refractivity contribution in [3.8, 4) is 17.3 Å². The number of likely N-dealkylation sites (tertiary alicyclic amines) is 1.